The van der Waals surface area contributed by atoms with E-state index in [1.807, 2.05) is 0 Å². The topological polar surface area (TPSA) is 57.5 Å². The molecule has 0 saturated carbocycles. The van der Waals surface area contributed by atoms with Crippen molar-refractivity contribution in [2.24, 2.45) is 0 Å². The summed E-state index contributed by atoms with van der Waals surface area (Å²) in [4.78, 5) is 0. The Morgan fingerprint density at radius 3 is 2.58 bits per heavy atom. The molecule has 3 nitrogen and oxygen atoms in total. The van der Waals surface area contributed by atoms with Crippen LogP contribution in [0.3, 0.4) is 0 Å². The van der Waals surface area contributed by atoms with E-state index in [0.717, 1.165) is 11.1 Å². The summed E-state index contributed by atoms with van der Waals surface area (Å²) in [6.07, 6.45) is 0. The minimum Gasteiger partial charge on any atom is -0.392 e. The van der Waals surface area contributed by atoms with Gasteiger partial charge in [-0.1, -0.05) is 24.3 Å². The van der Waals surface area contributed by atoms with Crippen LogP contribution in [0.5, 0.6) is 0 Å². The van der Waals surface area contributed by atoms with Crippen LogP contribution in [0.4, 0.5) is 0 Å². The third-order valence-corrected chi connectivity index (χ3v) is 2.04. The van der Waals surface area contributed by atoms with Crippen molar-refractivity contribution in [3.05, 3.63) is 35.4 Å². The Hall–Kier alpha value is -0.710. The molecule has 1 aromatic carbocycles. The molecule has 0 aliphatic rings. The molecule has 0 radical (unpaired) electrons. The molecule has 1 atom stereocenters. The summed E-state index contributed by atoms with van der Waals surface area (Å²) < 4.78 is 19.0. The molecule has 0 aromatic heterocycles. The highest BCUT2D eigenvalue weighted by Crippen LogP contribution is 2.06. The van der Waals surface area contributed by atoms with Gasteiger partial charge in [-0.15, -0.1) is 0 Å². The summed E-state index contributed by atoms with van der Waals surface area (Å²) >= 11 is -1.81. The smallest absolute Gasteiger partial charge is 0.157 e. The molecule has 0 amide bonds. The Morgan fingerprint density at radius 1 is 1.33 bits per heavy atom. The lowest BCUT2D eigenvalue weighted by Gasteiger charge is -1.99. The van der Waals surface area contributed by atoms with Gasteiger partial charge in [0.25, 0.3) is 0 Å². The highest BCUT2D eigenvalue weighted by molar-refractivity contribution is 7.78. The van der Waals surface area contributed by atoms with E-state index in [-0.39, 0.29) is 12.4 Å². The van der Waals surface area contributed by atoms with Gasteiger partial charge >= 0.3 is 0 Å². The summed E-state index contributed by atoms with van der Waals surface area (Å²) in [5.41, 5.74) is 1.53. The van der Waals surface area contributed by atoms with Crippen LogP contribution in [0, 0.1) is 0 Å². The molecule has 0 fully saturated rings. The SMILES string of the molecule is O=S(O)Cc1cccc(CO)c1. The third-order valence-electron chi connectivity index (χ3n) is 1.46. The standard InChI is InChI=1S/C8H10O3S/c9-5-7-2-1-3-8(4-7)6-12(10)11/h1-4,9H,5-6H2,(H,10,11). The first-order chi connectivity index (χ1) is 5.72. The average Bonchev–Trinajstić information content (AvgIpc) is 2.03. The van der Waals surface area contributed by atoms with Crippen LogP contribution < -0.4 is 0 Å². The van der Waals surface area contributed by atoms with Gasteiger partial charge in [0, 0.05) is 0 Å². The lowest BCUT2D eigenvalue weighted by molar-refractivity contribution is 0.282. The van der Waals surface area contributed by atoms with Crippen molar-refractivity contribution in [2.45, 2.75) is 12.4 Å². The fraction of sp³-hybridized carbons (Fsp3) is 0.250. The molecular formula is C8H10O3S. The molecule has 1 unspecified atom stereocenters. The molecule has 0 heterocycles. The van der Waals surface area contributed by atoms with Gasteiger partial charge in [0.05, 0.1) is 12.4 Å². The first kappa shape index (κ1) is 9.38. The molecule has 2 N–H and O–H groups in total. The molecule has 0 spiro atoms. The molecule has 1 rings (SSSR count). The number of hydrogen-bond acceptors (Lipinski definition) is 2. The van der Waals surface area contributed by atoms with Gasteiger partial charge < -0.3 is 9.66 Å². The minimum atomic E-state index is -1.81. The van der Waals surface area contributed by atoms with E-state index in [1.54, 1.807) is 24.3 Å². The summed E-state index contributed by atoms with van der Waals surface area (Å²) in [6.45, 7) is -0.0358. The van der Waals surface area contributed by atoms with Gasteiger partial charge in [0.15, 0.2) is 11.1 Å². The molecule has 1 aromatic rings. The fourth-order valence-electron chi connectivity index (χ4n) is 0.960. The molecule has 0 aliphatic heterocycles. The molecule has 0 bridgehead atoms. The first-order valence-corrected chi connectivity index (χ1v) is 4.76. The van der Waals surface area contributed by atoms with Crippen LogP contribution in [0.15, 0.2) is 24.3 Å². The van der Waals surface area contributed by atoms with Crippen LogP contribution in [0.25, 0.3) is 0 Å². The molecule has 0 aliphatic carbocycles. The van der Waals surface area contributed by atoms with E-state index in [4.69, 9.17) is 9.66 Å². The summed E-state index contributed by atoms with van der Waals surface area (Å²) in [6, 6.07) is 7.00. The predicted octanol–water partition coefficient (Wildman–Crippen LogP) is 0.901. The summed E-state index contributed by atoms with van der Waals surface area (Å²) in [5, 5.41) is 8.76. The van der Waals surface area contributed by atoms with Gasteiger partial charge in [-0.25, -0.2) is 4.21 Å². The Balaban J connectivity index is 2.79. The zero-order chi connectivity index (χ0) is 8.97. The number of aliphatic hydroxyl groups excluding tert-OH is 1. The number of hydrogen-bond donors (Lipinski definition) is 2. The van der Waals surface area contributed by atoms with E-state index in [9.17, 15) is 4.21 Å². The Labute approximate surface area is 73.3 Å². The Morgan fingerprint density at radius 2 is 2.00 bits per heavy atom. The predicted molar refractivity (Wildman–Crippen MR) is 46.8 cm³/mol. The largest absolute Gasteiger partial charge is 0.392 e. The van der Waals surface area contributed by atoms with Crippen molar-refractivity contribution in [2.75, 3.05) is 0 Å². The van der Waals surface area contributed by atoms with Crippen molar-refractivity contribution in [1.29, 1.82) is 0 Å². The first-order valence-electron chi connectivity index (χ1n) is 3.48. The molecule has 12 heavy (non-hydrogen) atoms. The van der Waals surface area contributed by atoms with Crippen molar-refractivity contribution < 1.29 is 13.9 Å². The zero-order valence-electron chi connectivity index (χ0n) is 6.43. The van der Waals surface area contributed by atoms with Crippen LogP contribution >= 0.6 is 0 Å². The molecule has 66 valence electrons. The Kier molecular flexibility index (Phi) is 3.40. The zero-order valence-corrected chi connectivity index (χ0v) is 7.25. The van der Waals surface area contributed by atoms with Crippen molar-refractivity contribution in [1.82, 2.24) is 0 Å². The number of aliphatic hydroxyl groups is 1. The van der Waals surface area contributed by atoms with E-state index >= 15 is 0 Å². The monoisotopic (exact) mass is 186 g/mol. The second kappa shape index (κ2) is 4.35. The molecule has 4 heteroatoms. The Bertz CT molecular complexity index is 285. The maximum atomic E-state index is 10.4. The van der Waals surface area contributed by atoms with Crippen LogP contribution in [0.2, 0.25) is 0 Å². The molecule has 0 saturated heterocycles. The third kappa shape index (κ3) is 2.73. The van der Waals surface area contributed by atoms with Gasteiger partial charge in [0.2, 0.25) is 0 Å². The second-order valence-electron chi connectivity index (χ2n) is 2.44. The minimum absolute atomic E-state index is 0.0358. The van der Waals surface area contributed by atoms with E-state index in [0.29, 0.717) is 0 Å². The van der Waals surface area contributed by atoms with Gasteiger partial charge in [-0.2, -0.15) is 0 Å². The van der Waals surface area contributed by atoms with Gasteiger partial charge in [-0.05, 0) is 11.1 Å². The number of benzene rings is 1. The van der Waals surface area contributed by atoms with Crippen LogP contribution in [-0.2, 0) is 23.4 Å². The van der Waals surface area contributed by atoms with Crippen LogP contribution in [-0.4, -0.2) is 13.9 Å². The highest BCUT2D eigenvalue weighted by atomic mass is 32.2. The highest BCUT2D eigenvalue weighted by Gasteiger charge is 1.98. The van der Waals surface area contributed by atoms with E-state index in [2.05, 4.69) is 0 Å². The van der Waals surface area contributed by atoms with E-state index in [1.165, 1.54) is 0 Å². The van der Waals surface area contributed by atoms with Crippen molar-refractivity contribution in [3.63, 3.8) is 0 Å². The molecular weight excluding hydrogens is 176 g/mol. The normalized spacial score (nSPS) is 12.8. The lowest BCUT2D eigenvalue weighted by Crippen LogP contribution is -1.94. The van der Waals surface area contributed by atoms with Gasteiger partial charge in [-0.3, -0.25) is 0 Å². The maximum absolute atomic E-state index is 10.4. The quantitative estimate of drug-likeness (QED) is 0.689. The van der Waals surface area contributed by atoms with Crippen molar-refractivity contribution >= 4 is 11.1 Å². The summed E-state index contributed by atoms with van der Waals surface area (Å²) in [7, 11) is 0. The average molecular weight is 186 g/mol. The second-order valence-corrected chi connectivity index (χ2v) is 3.38. The van der Waals surface area contributed by atoms with E-state index < -0.39 is 11.1 Å². The van der Waals surface area contributed by atoms with Gasteiger partial charge in [0.1, 0.15) is 0 Å². The maximum Gasteiger partial charge on any atom is 0.157 e. The number of rotatable bonds is 3. The fourth-order valence-corrected chi connectivity index (χ4v) is 1.43. The lowest BCUT2D eigenvalue weighted by atomic mass is 10.1. The summed E-state index contributed by atoms with van der Waals surface area (Å²) in [5.74, 6) is 0.119. The van der Waals surface area contributed by atoms with Crippen LogP contribution in [0.1, 0.15) is 11.1 Å². The van der Waals surface area contributed by atoms with Crippen molar-refractivity contribution in [3.8, 4) is 0 Å².